The van der Waals surface area contributed by atoms with Gasteiger partial charge in [-0.2, -0.15) is 0 Å². The number of thiophene rings is 2. The summed E-state index contributed by atoms with van der Waals surface area (Å²) in [6.07, 6.45) is 0.145. The lowest BCUT2D eigenvalue weighted by molar-refractivity contribution is -0.585. The molecule has 0 aliphatic rings. The molecular formula is C12H10IO4S2+. The smallest absolute Gasteiger partial charge is 0.381 e. The highest BCUT2D eigenvalue weighted by atomic mass is 127. The van der Waals surface area contributed by atoms with E-state index in [1.165, 1.54) is 28.4 Å². The van der Waals surface area contributed by atoms with Crippen LogP contribution in [-0.4, -0.2) is 22.2 Å². The third-order valence-electron chi connectivity index (χ3n) is 2.09. The van der Waals surface area contributed by atoms with Gasteiger partial charge in [0.2, 0.25) is 5.77 Å². The average Bonchev–Trinajstić information content (AvgIpc) is 2.88. The van der Waals surface area contributed by atoms with E-state index in [0.29, 0.717) is 0 Å². The predicted octanol–water partition coefficient (Wildman–Crippen LogP) is -0.808. The Bertz CT molecular complexity index is 550. The summed E-state index contributed by atoms with van der Waals surface area (Å²) in [6.45, 7) is 0. The summed E-state index contributed by atoms with van der Waals surface area (Å²) >= 11 is 2.74. The average molecular weight is 409 g/mol. The Morgan fingerprint density at radius 3 is 1.68 bits per heavy atom. The van der Waals surface area contributed by atoms with Crippen molar-refractivity contribution in [1.29, 1.82) is 0 Å². The minimum absolute atomic E-state index is 0.0725. The molecule has 19 heavy (non-hydrogen) atoms. The van der Waals surface area contributed by atoms with Crippen LogP contribution < -0.4 is 21.2 Å². The maximum atomic E-state index is 10.6. The Morgan fingerprint density at radius 1 is 0.895 bits per heavy atom. The highest BCUT2D eigenvalue weighted by Gasteiger charge is 2.21. The summed E-state index contributed by atoms with van der Waals surface area (Å²) in [5.41, 5.74) is 0. The van der Waals surface area contributed by atoms with E-state index in [-0.39, 0.29) is 34.0 Å². The number of halogens is 1. The predicted molar refractivity (Wildman–Crippen MR) is 68.7 cm³/mol. The summed E-state index contributed by atoms with van der Waals surface area (Å²) in [7, 11) is 0. The zero-order valence-corrected chi connectivity index (χ0v) is 13.4. The molecule has 2 aromatic heterocycles. The summed E-state index contributed by atoms with van der Waals surface area (Å²) in [5, 5.41) is 17.4. The highest BCUT2D eigenvalue weighted by molar-refractivity contribution is 7.10. The minimum atomic E-state index is -0.813. The minimum Gasteiger partial charge on any atom is -0.481 e. The molecule has 0 spiro atoms. The Hall–Kier alpha value is -0.930. The molecule has 0 aromatic carbocycles. The number of hydrogen-bond acceptors (Lipinski definition) is 4. The van der Waals surface area contributed by atoms with Crippen molar-refractivity contribution in [2.24, 2.45) is 0 Å². The second-order valence-corrected chi connectivity index (χ2v) is 10.3. The highest BCUT2D eigenvalue weighted by Crippen LogP contribution is 2.11. The van der Waals surface area contributed by atoms with E-state index in [2.05, 4.69) is 0 Å². The fourth-order valence-corrected chi connectivity index (χ4v) is 7.94. The molecular weight excluding hydrogens is 399 g/mol. The summed E-state index contributed by atoms with van der Waals surface area (Å²) in [6, 6.07) is 7.68. The molecule has 7 heteroatoms. The summed E-state index contributed by atoms with van der Waals surface area (Å²) < 4.78 is 2.41. The van der Waals surface area contributed by atoms with Gasteiger partial charge in [0.05, 0.1) is 12.8 Å². The maximum absolute atomic E-state index is 10.6. The van der Waals surface area contributed by atoms with E-state index in [1.807, 2.05) is 24.3 Å². The summed E-state index contributed by atoms with van der Waals surface area (Å²) in [5.74, 6) is -1.63. The Kier molecular flexibility index (Phi) is 4.94. The molecule has 0 bridgehead atoms. The Balaban J connectivity index is 2.00. The van der Waals surface area contributed by atoms with Gasteiger partial charge in [-0.25, -0.2) is 0 Å². The first kappa shape index (κ1) is 14.5. The topological polar surface area (TPSA) is 74.6 Å². The summed E-state index contributed by atoms with van der Waals surface area (Å²) in [4.78, 5) is 22.9. The van der Waals surface area contributed by atoms with Crippen LogP contribution in [0.4, 0.5) is 0 Å². The normalized spacial score (nSPS) is 10.5. The molecule has 0 aliphatic carbocycles. The largest absolute Gasteiger partial charge is 0.481 e. The van der Waals surface area contributed by atoms with E-state index < -0.39 is 11.9 Å². The molecule has 0 amide bonds. The third-order valence-corrected chi connectivity index (χ3v) is 7.98. The van der Waals surface area contributed by atoms with Crippen molar-refractivity contribution in [1.82, 2.24) is 0 Å². The molecule has 2 heterocycles. The van der Waals surface area contributed by atoms with Gasteiger partial charge in [-0.15, -0.1) is 0 Å². The molecule has 0 saturated carbocycles. The van der Waals surface area contributed by atoms with Gasteiger partial charge in [-0.1, -0.05) is 22.7 Å². The van der Waals surface area contributed by atoms with Crippen molar-refractivity contribution < 1.29 is 41.0 Å². The van der Waals surface area contributed by atoms with Crippen LogP contribution in [-0.2, 0) is 22.4 Å². The first-order chi connectivity index (χ1) is 9.02. The van der Waals surface area contributed by atoms with Crippen molar-refractivity contribution >= 4 is 34.6 Å². The lowest BCUT2D eigenvalue weighted by Gasteiger charge is -1.85. The zero-order chi connectivity index (χ0) is 13.8. The van der Waals surface area contributed by atoms with Crippen LogP contribution in [0.3, 0.4) is 0 Å². The van der Waals surface area contributed by atoms with Crippen LogP contribution in [0.1, 0.15) is 9.75 Å². The van der Waals surface area contributed by atoms with Gasteiger partial charge in [0, 0.05) is 21.9 Å². The lowest BCUT2D eigenvalue weighted by Crippen LogP contribution is -3.61. The Labute approximate surface area is 128 Å². The van der Waals surface area contributed by atoms with Crippen LogP contribution in [0.2, 0.25) is 0 Å². The van der Waals surface area contributed by atoms with Gasteiger partial charge in [0.1, 0.15) is 0 Å². The quantitative estimate of drug-likeness (QED) is 0.613. The van der Waals surface area contributed by atoms with Crippen LogP contribution >= 0.6 is 22.7 Å². The molecule has 2 rings (SSSR count). The van der Waals surface area contributed by atoms with Crippen LogP contribution in [0.5, 0.6) is 0 Å². The van der Waals surface area contributed by atoms with Crippen LogP contribution in [0.25, 0.3) is 0 Å². The van der Waals surface area contributed by atoms with Crippen molar-refractivity contribution in [2.45, 2.75) is 12.8 Å². The lowest BCUT2D eigenvalue weighted by atomic mass is 10.3. The van der Waals surface area contributed by atoms with Gasteiger partial charge in [0.25, 0.3) is 0 Å². The fourth-order valence-electron chi connectivity index (χ4n) is 1.38. The van der Waals surface area contributed by atoms with Crippen LogP contribution in [0, 0.1) is 5.77 Å². The fraction of sp³-hybridized carbons (Fsp3) is 0.167. The van der Waals surface area contributed by atoms with E-state index in [0.717, 1.165) is 9.75 Å². The van der Waals surface area contributed by atoms with E-state index in [9.17, 15) is 9.59 Å². The molecule has 0 atom stereocenters. The number of carboxylic acids is 2. The molecule has 0 aliphatic heterocycles. The molecule has 2 aromatic rings. The first-order valence-corrected chi connectivity index (χ1v) is 9.08. The zero-order valence-electron chi connectivity index (χ0n) is 9.63. The van der Waals surface area contributed by atoms with Crippen molar-refractivity contribution in [3.63, 3.8) is 0 Å². The molecule has 0 saturated heterocycles. The molecule has 0 radical (unpaired) electrons. The van der Waals surface area contributed by atoms with Crippen molar-refractivity contribution in [2.75, 3.05) is 0 Å². The van der Waals surface area contributed by atoms with Gasteiger partial charge in [0.15, 0.2) is 0 Å². The first-order valence-electron chi connectivity index (χ1n) is 5.29. The monoisotopic (exact) mass is 409 g/mol. The number of aliphatic carboxylic acids is 2. The molecule has 0 unspecified atom stereocenters. The molecule has 0 fully saturated rings. The van der Waals surface area contributed by atoms with Crippen LogP contribution in [0.15, 0.2) is 24.3 Å². The second-order valence-electron chi connectivity index (χ2n) is 3.65. The third kappa shape index (κ3) is 4.59. The van der Waals surface area contributed by atoms with Gasteiger partial charge < -0.3 is 10.2 Å². The molecule has 100 valence electrons. The van der Waals surface area contributed by atoms with Gasteiger partial charge in [-0.3, -0.25) is 9.59 Å². The number of carboxylic acid groups (broad SMARTS) is 2. The number of hydrogen-bond donors (Lipinski definition) is 2. The molecule has 2 N–H and O–H groups in total. The van der Waals surface area contributed by atoms with Crippen molar-refractivity contribution in [3.05, 3.63) is 39.8 Å². The standard InChI is InChI=1S/C12H9IO4S2/c14-11(15)5-7-1-3-9(18-7)13-10-4-2-8(19-10)6-12(16)17/h1-4H,5-6H2,(H-,14,15,16,17)/p+1. The molecule has 4 nitrogen and oxygen atoms in total. The van der Waals surface area contributed by atoms with E-state index in [1.54, 1.807) is 0 Å². The maximum Gasteiger partial charge on any atom is 0.381 e. The number of rotatable bonds is 6. The van der Waals surface area contributed by atoms with E-state index in [4.69, 9.17) is 10.2 Å². The number of carbonyl (C=O) groups is 2. The second kappa shape index (κ2) is 6.49. The van der Waals surface area contributed by atoms with Gasteiger partial charge in [-0.05, 0) is 12.1 Å². The SMILES string of the molecule is O=C(O)Cc1ccc([I+]c2ccc(CC(=O)O)s2)s1. The van der Waals surface area contributed by atoms with Gasteiger partial charge >= 0.3 is 33.1 Å². The van der Waals surface area contributed by atoms with Crippen molar-refractivity contribution in [3.8, 4) is 0 Å². The Morgan fingerprint density at radius 2 is 1.32 bits per heavy atom. The van der Waals surface area contributed by atoms with E-state index >= 15 is 0 Å².